The zero-order valence-electron chi connectivity index (χ0n) is 14.1. The van der Waals surface area contributed by atoms with Crippen molar-refractivity contribution in [2.75, 3.05) is 26.2 Å². The van der Waals surface area contributed by atoms with Gasteiger partial charge in [-0.15, -0.1) is 0 Å². The molecule has 0 bridgehead atoms. The molecule has 4 heteroatoms. The topological polar surface area (TPSA) is 32.8 Å². The fourth-order valence-electron chi connectivity index (χ4n) is 4.31. The molecule has 2 atom stereocenters. The van der Waals surface area contributed by atoms with Gasteiger partial charge in [0.05, 0.1) is 6.10 Å². The van der Waals surface area contributed by atoms with Gasteiger partial charge in [0.25, 0.3) is 5.91 Å². The summed E-state index contributed by atoms with van der Waals surface area (Å²) in [6.45, 7) is 6.37. The molecule has 4 nitrogen and oxygen atoms in total. The minimum absolute atomic E-state index is 0.205. The monoisotopic (exact) mass is 308 g/mol. The van der Waals surface area contributed by atoms with Crippen LogP contribution in [0.5, 0.6) is 0 Å². The van der Waals surface area contributed by atoms with Gasteiger partial charge in [-0.25, -0.2) is 0 Å². The molecule has 1 saturated carbocycles. The lowest BCUT2D eigenvalue weighted by atomic mass is 10.1. The first-order valence-electron chi connectivity index (χ1n) is 9.46. The van der Waals surface area contributed by atoms with Crippen molar-refractivity contribution in [2.24, 2.45) is 0 Å². The Morgan fingerprint density at radius 1 is 1.05 bits per heavy atom. The smallest absolute Gasteiger partial charge is 0.251 e. The number of amides is 1. The maximum Gasteiger partial charge on any atom is 0.251 e. The molecule has 1 amide bonds. The third-order valence-electron chi connectivity index (χ3n) is 5.69. The quantitative estimate of drug-likeness (QED) is 0.783. The van der Waals surface area contributed by atoms with E-state index in [2.05, 4.69) is 16.7 Å². The van der Waals surface area contributed by atoms with Gasteiger partial charge >= 0.3 is 0 Å². The van der Waals surface area contributed by atoms with Crippen LogP contribution in [-0.4, -0.2) is 60.1 Å². The van der Waals surface area contributed by atoms with Gasteiger partial charge in [0.2, 0.25) is 0 Å². The second-order valence-electron chi connectivity index (χ2n) is 7.26. The highest BCUT2D eigenvalue weighted by Crippen LogP contribution is 2.25. The standard InChI is InChI=1S/C18H32N2O2/c1-2-17(22-16-8-4-5-9-16)18(21)20-13-10-15(14-20)19-11-6-3-7-12-19/h15-17H,2-14H2,1H3/t15-,17+/m1/s1. The molecule has 0 spiro atoms. The maximum atomic E-state index is 12.8. The minimum atomic E-state index is -0.205. The predicted octanol–water partition coefficient (Wildman–Crippen LogP) is 2.81. The molecule has 1 aliphatic carbocycles. The van der Waals surface area contributed by atoms with E-state index in [9.17, 15) is 4.79 Å². The summed E-state index contributed by atoms with van der Waals surface area (Å²) in [5, 5.41) is 0. The van der Waals surface area contributed by atoms with E-state index in [0.29, 0.717) is 12.1 Å². The van der Waals surface area contributed by atoms with Crippen molar-refractivity contribution in [3.63, 3.8) is 0 Å². The van der Waals surface area contributed by atoms with Crippen LogP contribution in [0.15, 0.2) is 0 Å². The molecule has 0 aromatic heterocycles. The number of carbonyl (C=O) groups is 1. The van der Waals surface area contributed by atoms with Crippen molar-refractivity contribution in [1.82, 2.24) is 9.80 Å². The Balaban J connectivity index is 1.50. The molecule has 2 aliphatic heterocycles. The number of likely N-dealkylation sites (tertiary alicyclic amines) is 2. The molecule has 0 aromatic rings. The van der Waals surface area contributed by atoms with Crippen LogP contribution in [0.3, 0.4) is 0 Å². The lowest BCUT2D eigenvalue weighted by molar-refractivity contribution is -0.146. The molecule has 0 radical (unpaired) electrons. The Kier molecular flexibility index (Phi) is 5.75. The molecular weight excluding hydrogens is 276 g/mol. The predicted molar refractivity (Wildman–Crippen MR) is 87.8 cm³/mol. The molecule has 0 N–H and O–H groups in total. The third kappa shape index (κ3) is 3.83. The largest absolute Gasteiger partial charge is 0.365 e. The average Bonchev–Trinajstić information content (AvgIpc) is 3.24. The fraction of sp³-hybridized carbons (Fsp3) is 0.944. The van der Waals surface area contributed by atoms with Crippen molar-refractivity contribution in [2.45, 2.75) is 83.0 Å². The van der Waals surface area contributed by atoms with Crippen LogP contribution in [0.1, 0.15) is 64.7 Å². The Morgan fingerprint density at radius 3 is 2.45 bits per heavy atom. The lowest BCUT2D eigenvalue weighted by Crippen LogP contribution is -2.44. The number of rotatable bonds is 5. The molecule has 3 fully saturated rings. The fourth-order valence-corrected chi connectivity index (χ4v) is 4.31. The normalized spacial score (nSPS) is 29.1. The molecule has 126 valence electrons. The zero-order valence-corrected chi connectivity index (χ0v) is 14.1. The van der Waals surface area contributed by atoms with Crippen LogP contribution >= 0.6 is 0 Å². The van der Waals surface area contributed by atoms with Crippen LogP contribution in [-0.2, 0) is 9.53 Å². The van der Waals surface area contributed by atoms with Crippen molar-refractivity contribution >= 4 is 5.91 Å². The summed E-state index contributed by atoms with van der Waals surface area (Å²) >= 11 is 0. The summed E-state index contributed by atoms with van der Waals surface area (Å²) in [6.07, 6.45) is 10.9. The SMILES string of the molecule is CC[C@H](OC1CCCC1)C(=O)N1CC[C@@H](N2CCCCC2)C1. The highest BCUT2D eigenvalue weighted by molar-refractivity contribution is 5.81. The van der Waals surface area contributed by atoms with Crippen molar-refractivity contribution in [3.8, 4) is 0 Å². The summed E-state index contributed by atoms with van der Waals surface area (Å²) < 4.78 is 6.11. The second kappa shape index (κ2) is 7.78. The first kappa shape index (κ1) is 16.3. The summed E-state index contributed by atoms with van der Waals surface area (Å²) in [6, 6.07) is 0.591. The van der Waals surface area contributed by atoms with E-state index in [1.165, 1.54) is 45.2 Å². The van der Waals surface area contributed by atoms with E-state index in [1.54, 1.807) is 0 Å². The zero-order chi connectivity index (χ0) is 15.4. The van der Waals surface area contributed by atoms with E-state index in [0.717, 1.165) is 38.8 Å². The molecule has 0 aromatic carbocycles. The van der Waals surface area contributed by atoms with Gasteiger partial charge in [0, 0.05) is 19.1 Å². The Bertz CT molecular complexity index is 362. The van der Waals surface area contributed by atoms with E-state index in [1.807, 2.05) is 0 Å². The number of ether oxygens (including phenoxy) is 1. The van der Waals surface area contributed by atoms with Gasteiger partial charge in [-0.1, -0.05) is 26.2 Å². The van der Waals surface area contributed by atoms with Gasteiger partial charge < -0.3 is 9.64 Å². The average molecular weight is 308 g/mol. The van der Waals surface area contributed by atoms with Gasteiger partial charge in [-0.3, -0.25) is 9.69 Å². The second-order valence-corrected chi connectivity index (χ2v) is 7.26. The number of hydrogen-bond acceptors (Lipinski definition) is 3. The molecular formula is C18H32N2O2. The lowest BCUT2D eigenvalue weighted by Gasteiger charge is -2.32. The number of hydrogen-bond donors (Lipinski definition) is 0. The first-order chi connectivity index (χ1) is 10.8. The first-order valence-corrected chi connectivity index (χ1v) is 9.46. The molecule has 2 saturated heterocycles. The van der Waals surface area contributed by atoms with Gasteiger partial charge in [-0.05, 0) is 51.6 Å². The van der Waals surface area contributed by atoms with E-state index in [-0.39, 0.29) is 12.0 Å². The van der Waals surface area contributed by atoms with E-state index < -0.39 is 0 Å². The number of piperidine rings is 1. The van der Waals surface area contributed by atoms with Crippen molar-refractivity contribution < 1.29 is 9.53 Å². The number of carbonyl (C=O) groups excluding carboxylic acids is 1. The van der Waals surface area contributed by atoms with Crippen LogP contribution in [0.25, 0.3) is 0 Å². The van der Waals surface area contributed by atoms with E-state index >= 15 is 0 Å². The van der Waals surface area contributed by atoms with Gasteiger partial charge in [0.15, 0.2) is 0 Å². The van der Waals surface area contributed by atoms with Crippen molar-refractivity contribution in [1.29, 1.82) is 0 Å². The Labute approximate surface area is 135 Å². The highest BCUT2D eigenvalue weighted by atomic mass is 16.5. The maximum absolute atomic E-state index is 12.8. The Hall–Kier alpha value is -0.610. The van der Waals surface area contributed by atoms with Crippen LogP contribution < -0.4 is 0 Å². The third-order valence-corrected chi connectivity index (χ3v) is 5.69. The van der Waals surface area contributed by atoms with Crippen molar-refractivity contribution in [3.05, 3.63) is 0 Å². The van der Waals surface area contributed by atoms with Crippen LogP contribution in [0.2, 0.25) is 0 Å². The molecule has 3 rings (SSSR count). The van der Waals surface area contributed by atoms with Crippen LogP contribution in [0.4, 0.5) is 0 Å². The summed E-state index contributed by atoms with van der Waals surface area (Å²) in [5.41, 5.74) is 0. The summed E-state index contributed by atoms with van der Waals surface area (Å²) in [5.74, 6) is 0.244. The molecule has 22 heavy (non-hydrogen) atoms. The summed E-state index contributed by atoms with van der Waals surface area (Å²) in [7, 11) is 0. The van der Waals surface area contributed by atoms with Gasteiger partial charge in [-0.2, -0.15) is 0 Å². The minimum Gasteiger partial charge on any atom is -0.365 e. The number of nitrogens with zero attached hydrogens (tertiary/aromatic N) is 2. The summed E-state index contributed by atoms with van der Waals surface area (Å²) in [4.78, 5) is 17.5. The van der Waals surface area contributed by atoms with Gasteiger partial charge in [0.1, 0.15) is 6.10 Å². The van der Waals surface area contributed by atoms with Crippen LogP contribution in [0, 0.1) is 0 Å². The highest BCUT2D eigenvalue weighted by Gasteiger charge is 2.34. The molecule has 3 aliphatic rings. The van der Waals surface area contributed by atoms with E-state index in [4.69, 9.17) is 4.74 Å². The molecule has 2 heterocycles. The molecule has 0 unspecified atom stereocenters. The Morgan fingerprint density at radius 2 is 1.77 bits per heavy atom.